The minimum absolute atomic E-state index is 0.370. The van der Waals surface area contributed by atoms with E-state index in [-0.39, 0.29) is 6.10 Å². The molecule has 1 saturated carbocycles. The van der Waals surface area contributed by atoms with Crippen LogP contribution in [0.3, 0.4) is 0 Å². The van der Waals surface area contributed by atoms with Gasteiger partial charge in [0.2, 0.25) is 0 Å². The monoisotopic (exact) mass is 261 g/mol. The lowest BCUT2D eigenvalue weighted by atomic mass is 10.0. The summed E-state index contributed by atoms with van der Waals surface area (Å²) in [6.07, 6.45) is 5.13. The van der Waals surface area contributed by atoms with E-state index >= 15 is 0 Å². The summed E-state index contributed by atoms with van der Waals surface area (Å²) in [6.45, 7) is 6.04. The molecule has 1 unspecified atom stereocenters. The van der Waals surface area contributed by atoms with E-state index in [1.54, 1.807) is 0 Å². The van der Waals surface area contributed by atoms with Crippen molar-refractivity contribution in [2.75, 3.05) is 20.1 Å². The summed E-state index contributed by atoms with van der Waals surface area (Å²) in [5.41, 5.74) is 3.51. The molecule has 0 aromatic heterocycles. The van der Waals surface area contributed by atoms with Crippen LogP contribution in [-0.2, 0) is 0 Å². The van der Waals surface area contributed by atoms with E-state index < -0.39 is 0 Å². The highest BCUT2D eigenvalue weighted by molar-refractivity contribution is 5.30. The number of likely N-dealkylation sites (N-methyl/N-ethyl adjacent to an activating group) is 1. The minimum Gasteiger partial charge on any atom is -0.387 e. The van der Waals surface area contributed by atoms with Gasteiger partial charge in [0.15, 0.2) is 0 Å². The topological polar surface area (TPSA) is 23.5 Å². The predicted octanol–water partition coefficient (Wildman–Crippen LogP) is 3.46. The highest BCUT2D eigenvalue weighted by atomic mass is 16.3. The lowest BCUT2D eigenvalue weighted by Gasteiger charge is -2.24. The van der Waals surface area contributed by atoms with Gasteiger partial charge in [-0.15, -0.1) is 0 Å². The molecule has 0 saturated heterocycles. The maximum atomic E-state index is 10.4. The molecule has 0 radical (unpaired) electrons. The van der Waals surface area contributed by atoms with E-state index in [9.17, 15) is 5.11 Å². The quantitative estimate of drug-likeness (QED) is 0.877. The van der Waals surface area contributed by atoms with E-state index in [0.717, 1.165) is 24.6 Å². The van der Waals surface area contributed by atoms with Crippen LogP contribution in [0.5, 0.6) is 0 Å². The van der Waals surface area contributed by atoms with Crippen molar-refractivity contribution in [1.82, 2.24) is 4.90 Å². The Balaban J connectivity index is 1.90. The normalized spacial score (nSPS) is 18.2. The van der Waals surface area contributed by atoms with Gasteiger partial charge in [-0.1, -0.05) is 42.2 Å². The van der Waals surface area contributed by atoms with E-state index in [1.807, 2.05) is 0 Å². The molecule has 1 atom stereocenters. The van der Waals surface area contributed by atoms with Gasteiger partial charge in [0, 0.05) is 13.1 Å². The standard InChI is InChI=1S/C17H27NO/c1-13-8-14(2)10-16(9-13)17(19)12-18(3)11-15-6-4-5-7-15/h8-10,15,17,19H,4-7,11-12H2,1-3H3. The Hall–Kier alpha value is -0.860. The molecule has 0 bridgehead atoms. The van der Waals surface area contributed by atoms with Gasteiger partial charge in [-0.2, -0.15) is 0 Å². The van der Waals surface area contributed by atoms with Crippen molar-refractivity contribution in [1.29, 1.82) is 0 Å². The van der Waals surface area contributed by atoms with E-state index in [1.165, 1.54) is 36.8 Å². The van der Waals surface area contributed by atoms with Crippen LogP contribution in [0.4, 0.5) is 0 Å². The number of aliphatic hydroxyl groups excluding tert-OH is 1. The Labute approximate surface area is 117 Å². The number of nitrogens with zero attached hydrogens (tertiary/aromatic N) is 1. The maximum Gasteiger partial charge on any atom is 0.0916 e. The summed E-state index contributed by atoms with van der Waals surface area (Å²) in [7, 11) is 2.13. The largest absolute Gasteiger partial charge is 0.387 e. The van der Waals surface area contributed by atoms with Crippen molar-refractivity contribution in [3.8, 4) is 0 Å². The minimum atomic E-state index is -0.370. The molecule has 1 aliphatic rings. The van der Waals surface area contributed by atoms with Crippen molar-refractivity contribution in [3.63, 3.8) is 0 Å². The van der Waals surface area contributed by atoms with E-state index in [4.69, 9.17) is 0 Å². The lowest BCUT2D eigenvalue weighted by molar-refractivity contribution is 0.118. The highest BCUT2D eigenvalue weighted by Gasteiger charge is 2.18. The van der Waals surface area contributed by atoms with Gasteiger partial charge >= 0.3 is 0 Å². The third-order valence-electron chi connectivity index (χ3n) is 4.16. The van der Waals surface area contributed by atoms with Crippen molar-refractivity contribution < 1.29 is 5.11 Å². The average Bonchev–Trinajstić information content (AvgIpc) is 2.80. The zero-order chi connectivity index (χ0) is 13.8. The lowest BCUT2D eigenvalue weighted by Crippen LogP contribution is -2.29. The van der Waals surface area contributed by atoms with E-state index in [0.29, 0.717) is 0 Å². The van der Waals surface area contributed by atoms with Crippen molar-refractivity contribution in [2.24, 2.45) is 5.92 Å². The fourth-order valence-electron chi connectivity index (χ4n) is 3.31. The van der Waals surface area contributed by atoms with Crippen LogP contribution in [0.1, 0.15) is 48.5 Å². The zero-order valence-corrected chi connectivity index (χ0v) is 12.5. The van der Waals surface area contributed by atoms with Gasteiger partial charge in [0.1, 0.15) is 0 Å². The summed E-state index contributed by atoms with van der Waals surface area (Å²) < 4.78 is 0. The Bertz CT molecular complexity index is 389. The molecule has 19 heavy (non-hydrogen) atoms. The summed E-state index contributed by atoms with van der Waals surface area (Å²) in [4.78, 5) is 2.29. The number of hydrogen-bond acceptors (Lipinski definition) is 2. The third kappa shape index (κ3) is 4.32. The van der Waals surface area contributed by atoms with Gasteiger partial charge in [-0.3, -0.25) is 0 Å². The Morgan fingerprint density at radius 3 is 2.32 bits per heavy atom. The van der Waals surface area contributed by atoms with Gasteiger partial charge in [0.05, 0.1) is 6.10 Å². The molecule has 2 rings (SSSR count). The zero-order valence-electron chi connectivity index (χ0n) is 12.5. The van der Waals surface area contributed by atoms with Crippen molar-refractivity contribution in [3.05, 3.63) is 34.9 Å². The fourth-order valence-corrected chi connectivity index (χ4v) is 3.31. The molecule has 1 fully saturated rings. The molecule has 0 heterocycles. The van der Waals surface area contributed by atoms with Crippen LogP contribution in [0.2, 0.25) is 0 Å². The SMILES string of the molecule is Cc1cc(C)cc(C(O)CN(C)CC2CCCC2)c1. The molecule has 2 nitrogen and oxygen atoms in total. The van der Waals surface area contributed by atoms with Gasteiger partial charge in [-0.05, 0) is 45.2 Å². The van der Waals surface area contributed by atoms with Crippen LogP contribution < -0.4 is 0 Å². The van der Waals surface area contributed by atoms with Crippen LogP contribution in [0, 0.1) is 19.8 Å². The molecule has 0 amide bonds. The number of aliphatic hydroxyl groups is 1. The number of hydrogen-bond donors (Lipinski definition) is 1. The van der Waals surface area contributed by atoms with Gasteiger partial charge in [-0.25, -0.2) is 0 Å². The van der Waals surface area contributed by atoms with Crippen LogP contribution in [0.15, 0.2) is 18.2 Å². The second-order valence-corrected chi connectivity index (χ2v) is 6.31. The first-order valence-electron chi connectivity index (χ1n) is 7.49. The molecular formula is C17H27NO. The number of benzene rings is 1. The second-order valence-electron chi connectivity index (χ2n) is 6.31. The van der Waals surface area contributed by atoms with Gasteiger partial charge < -0.3 is 10.0 Å². The van der Waals surface area contributed by atoms with Crippen LogP contribution in [-0.4, -0.2) is 30.1 Å². The predicted molar refractivity (Wildman–Crippen MR) is 80.3 cm³/mol. The Kier molecular flexibility index (Phi) is 5.00. The first-order valence-corrected chi connectivity index (χ1v) is 7.49. The molecule has 1 aromatic carbocycles. The molecule has 0 aliphatic heterocycles. The van der Waals surface area contributed by atoms with Crippen molar-refractivity contribution >= 4 is 0 Å². The Morgan fingerprint density at radius 2 is 1.74 bits per heavy atom. The highest BCUT2D eigenvalue weighted by Crippen LogP contribution is 2.26. The van der Waals surface area contributed by atoms with E-state index in [2.05, 4.69) is 44.0 Å². The second kappa shape index (κ2) is 6.53. The summed E-state index contributed by atoms with van der Waals surface area (Å²) in [5.74, 6) is 0.844. The maximum absolute atomic E-state index is 10.4. The molecule has 106 valence electrons. The summed E-state index contributed by atoms with van der Waals surface area (Å²) >= 11 is 0. The molecule has 1 aliphatic carbocycles. The summed E-state index contributed by atoms with van der Waals surface area (Å²) in [5, 5.41) is 10.4. The average molecular weight is 261 g/mol. The number of aryl methyl sites for hydroxylation is 2. The van der Waals surface area contributed by atoms with Crippen molar-refractivity contribution in [2.45, 2.75) is 45.6 Å². The molecule has 1 N–H and O–H groups in total. The van der Waals surface area contributed by atoms with Gasteiger partial charge in [0.25, 0.3) is 0 Å². The first kappa shape index (κ1) is 14.5. The van der Waals surface area contributed by atoms with Crippen LogP contribution >= 0.6 is 0 Å². The Morgan fingerprint density at radius 1 is 1.16 bits per heavy atom. The molecular weight excluding hydrogens is 234 g/mol. The molecule has 1 aromatic rings. The molecule has 0 spiro atoms. The summed E-state index contributed by atoms with van der Waals surface area (Å²) in [6, 6.07) is 6.35. The smallest absolute Gasteiger partial charge is 0.0916 e. The van der Waals surface area contributed by atoms with Crippen LogP contribution in [0.25, 0.3) is 0 Å². The molecule has 2 heteroatoms. The fraction of sp³-hybridized carbons (Fsp3) is 0.647. The number of rotatable bonds is 5. The third-order valence-corrected chi connectivity index (χ3v) is 4.16. The first-order chi connectivity index (χ1) is 9.04.